The second-order valence-corrected chi connectivity index (χ2v) is 9.74. The van der Waals surface area contributed by atoms with Gasteiger partial charge in [0.2, 0.25) is 5.91 Å². The van der Waals surface area contributed by atoms with Crippen LogP contribution in [0.3, 0.4) is 0 Å². The van der Waals surface area contributed by atoms with E-state index in [2.05, 4.69) is 5.32 Å². The van der Waals surface area contributed by atoms with Crippen molar-refractivity contribution in [2.75, 3.05) is 37.0 Å². The standard InChI is InChI=1S/C25H24ClFN2O7S/c1-4-36-25(31)20-13-17(7-11-21(20)26)28-24(30)15-29(18-8-5-16(27)6-9-18)37(32,33)19-10-12-22(34-2)23(14-19)35-3/h5-14H,4,15H2,1-3H3,(H,28,30). The summed E-state index contributed by atoms with van der Waals surface area (Å²) in [6.07, 6.45) is 0. The van der Waals surface area contributed by atoms with E-state index in [9.17, 15) is 22.4 Å². The highest BCUT2D eigenvalue weighted by Gasteiger charge is 2.28. The first kappa shape index (κ1) is 27.8. The van der Waals surface area contributed by atoms with Gasteiger partial charge in [0.05, 0.1) is 42.0 Å². The molecule has 3 aromatic carbocycles. The molecule has 0 fully saturated rings. The summed E-state index contributed by atoms with van der Waals surface area (Å²) in [7, 11) is -1.56. The van der Waals surface area contributed by atoms with E-state index >= 15 is 0 Å². The quantitative estimate of drug-likeness (QED) is 0.370. The second kappa shape index (κ2) is 11.9. The van der Waals surface area contributed by atoms with Crippen molar-refractivity contribution in [1.29, 1.82) is 0 Å². The van der Waals surface area contributed by atoms with Gasteiger partial charge in [0.25, 0.3) is 10.0 Å². The molecular weight excluding hydrogens is 527 g/mol. The maximum Gasteiger partial charge on any atom is 0.339 e. The normalized spacial score (nSPS) is 10.9. The van der Waals surface area contributed by atoms with Crippen molar-refractivity contribution in [3.63, 3.8) is 0 Å². The van der Waals surface area contributed by atoms with Gasteiger partial charge in [-0.1, -0.05) is 11.6 Å². The number of halogens is 2. The van der Waals surface area contributed by atoms with E-state index in [1.54, 1.807) is 6.92 Å². The van der Waals surface area contributed by atoms with E-state index in [4.69, 9.17) is 25.8 Å². The second-order valence-electron chi connectivity index (χ2n) is 7.47. The van der Waals surface area contributed by atoms with E-state index < -0.39 is 34.3 Å². The number of sulfonamides is 1. The largest absolute Gasteiger partial charge is 0.493 e. The minimum absolute atomic E-state index is 0.0367. The SMILES string of the molecule is CCOC(=O)c1cc(NC(=O)CN(c2ccc(F)cc2)S(=O)(=O)c2ccc(OC)c(OC)c2)ccc1Cl. The number of nitrogens with zero attached hydrogens (tertiary/aromatic N) is 1. The Balaban J connectivity index is 1.95. The smallest absolute Gasteiger partial charge is 0.339 e. The first-order chi connectivity index (χ1) is 17.6. The summed E-state index contributed by atoms with van der Waals surface area (Å²) >= 11 is 6.06. The molecule has 37 heavy (non-hydrogen) atoms. The average Bonchev–Trinajstić information content (AvgIpc) is 2.88. The zero-order valence-corrected chi connectivity index (χ0v) is 21.7. The highest BCUT2D eigenvalue weighted by Crippen LogP contribution is 2.32. The van der Waals surface area contributed by atoms with E-state index in [0.717, 1.165) is 16.4 Å². The monoisotopic (exact) mass is 550 g/mol. The van der Waals surface area contributed by atoms with Crippen LogP contribution in [0, 0.1) is 5.82 Å². The predicted octanol–water partition coefficient (Wildman–Crippen LogP) is 4.51. The molecule has 0 unspecified atom stereocenters. The van der Waals surface area contributed by atoms with Crippen molar-refractivity contribution < 1.29 is 36.6 Å². The van der Waals surface area contributed by atoms with Crippen molar-refractivity contribution >= 4 is 44.9 Å². The third kappa shape index (κ3) is 6.49. The molecule has 3 rings (SSSR count). The fourth-order valence-corrected chi connectivity index (χ4v) is 4.96. The Morgan fingerprint density at radius 3 is 2.27 bits per heavy atom. The molecular formula is C25H24ClFN2O7S. The number of carbonyl (C=O) groups excluding carboxylic acids is 2. The summed E-state index contributed by atoms with van der Waals surface area (Å²) in [6, 6.07) is 12.8. The Morgan fingerprint density at radius 2 is 1.65 bits per heavy atom. The fourth-order valence-electron chi connectivity index (χ4n) is 3.33. The maximum absolute atomic E-state index is 13.6. The lowest BCUT2D eigenvalue weighted by atomic mass is 10.2. The summed E-state index contributed by atoms with van der Waals surface area (Å²) in [5, 5.41) is 2.68. The number of hydrogen-bond donors (Lipinski definition) is 1. The number of amides is 1. The minimum Gasteiger partial charge on any atom is -0.493 e. The van der Waals surface area contributed by atoms with E-state index in [1.165, 1.54) is 62.8 Å². The van der Waals surface area contributed by atoms with Gasteiger partial charge in [0, 0.05) is 11.8 Å². The zero-order chi connectivity index (χ0) is 27.2. The van der Waals surface area contributed by atoms with Crippen LogP contribution in [0.4, 0.5) is 15.8 Å². The number of carbonyl (C=O) groups is 2. The molecule has 196 valence electrons. The number of nitrogens with one attached hydrogen (secondary N) is 1. The first-order valence-corrected chi connectivity index (χ1v) is 12.7. The van der Waals surface area contributed by atoms with Gasteiger partial charge in [-0.3, -0.25) is 9.10 Å². The molecule has 0 bridgehead atoms. The predicted molar refractivity (Wildman–Crippen MR) is 137 cm³/mol. The summed E-state index contributed by atoms with van der Waals surface area (Å²) in [5.41, 5.74) is 0.282. The molecule has 0 aliphatic rings. The number of anilines is 2. The Hall–Kier alpha value is -3.83. The number of benzene rings is 3. The van der Waals surface area contributed by atoms with E-state index in [1.807, 2.05) is 0 Å². The Labute approximate surface area is 218 Å². The third-order valence-electron chi connectivity index (χ3n) is 5.09. The molecule has 9 nitrogen and oxygen atoms in total. The van der Waals surface area contributed by atoms with Gasteiger partial charge in [-0.15, -0.1) is 0 Å². The van der Waals surface area contributed by atoms with Crippen molar-refractivity contribution in [2.24, 2.45) is 0 Å². The molecule has 1 N–H and O–H groups in total. The van der Waals surface area contributed by atoms with Crippen molar-refractivity contribution in [3.8, 4) is 11.5 Å². The molecule has 0 saturated heterocycles. The van der Waals surface area contributed by atoms with Gasteiger partial charge in [-0.2, -0.15) is 0 Å². The number of esters is 1. The fraction of sp³-hybridized carbons (Fsp3) is 0.200. The Bertz CT molecular complexity index is 1400. The molecule has 0 atom stereocenters. The summed E-state index contributed by atoms with van der Waals surface area (Å²) < 4.78 is 56.9. The topological polar surface area (TPSA) is 111 Å². The van der Waals surface area contributed by atoms with Crippen molar-refractivity contribution in [2.45, 2.75) is 11.8 Å². The Morgan fingerprint density at radius 1 is 0.973 bits per heavy atom. The number of hydrogen-bond acceptors (Lipinski definition) is 7. The molecule has 0 spiro atoms. The highest BCUT2D eigenvalue weighted by molar-refractivity contribution is 7.92. The van der Waals surface area contributed by atoms with Gasteiger partial charge < -0.3 is 19.5 Å². The molecule has 12 heteroatoms. The van der Waals surface area contributed by atoms with Gasteiger partial charge >= 0.3 is 5.97 Å². The molecule has 0 heterocycles. The van der Waals surface area contributed by atoms with Gasteiger partial charge in [0.15, 0.2) is 11.5 Å². The summed E-state index contributed by atoms with van der Waals surface area (Å²) in [4.78, 5) is 24.9. The molecule has 0 aliphatic carbocycles. The first-order valence-electron chi connectivity index (χ1n) is 10.9. The van der Waals surface area contributed by atoms with Gasteiger partial charge in [-0.25, -0.2) is 17.6 Å². The van der Waals surface area contributed by atoms with Gasteiger partial charge in [-0.05, 0) is 61.5 Å². The van der Waals surface area contributed by atoms with Crippen LogP contribution in [0.2, 0.25) is 5.02 Å². The van der Waals surface area contributed by atoms with Crippen LogP contribution in [-0.2, 0) is 19.6 Å². The number of rotatable bonds is 10. The third-order valence-corrected chi connectivity index (χ3v) is 7.19. The molecule has 0 saturated carbocycles. The van der Waals surface area contributed by atoms with Crippen molar-refractivity contribution in [1.82, 2.24) is 0 Å². The Kier molecular flexibility index (Phi) is 8.95. The molecule has 0 radical (unpaired) electrons. The van der Waals surface area contributed by atoms with E-state index in [-0.39, 0.29) is 39.2 Å². The lowest BCUT2D eigenvalue weighted by Crippen LogP contribution is -2.38. The van der Waals surface area contributed by atoms with Crippen LogP contribution in [0.5, 0.6) is 11.5 Å². The number of methoxy groups -OCH3 is 2. The van der Waals surface area contributed by atoms with Crippen molar-refractivity contribution in [3.05, 3.63) is 77.1 Å². The van der Waals surface area contributed by atoms with Gasteiger partial charge in [0.1, 0.15) is 12.4 Å². The van der Waals surface area contributed by atoms with Crippen LogP contribution in [0.1, 0.15) is 17.3 Å². The molecule has 3 aromatic rings. The van der Waals surface area contributed by atoms with Crippen LogP contribution < -0.4 is 19.1 Å². The van der Waals surface area contributed by atoms with E-state index in [0.29, 0.717) is 5.75 Å². The highest BCUT2D eigenvalue weighted by atomic mass is 35.5. The zero-order valence-electron chi connectivity index (χ0n) is 20.2. The molecule has 0 aromatic heterocycles. The summed E-state index contributed by atoms with van der Waals surface area (Å²) in [6.45, 7) is 1.10. The van der Waals surface area contributed by atoms with Crippen LogP contribution in [0.15, 0.2) is 65.6 Å². The molecule has 0 aliphatic heterocycles. The number of ether oxygens (including phenoxy) is 3. The summed E-state index contributed by atoms with van der Waals surface area (Å²) in [5.74, 6) is -1.50. The molecule has 1 amide bonds. The maximum atomic E-state index is 13.6. The van der Waals surface area contributed by atoms with Crippen LogP contribution >= 0.6 is 11.6 Å². The van der Waals surface area contributed by atoms with Crippen LogP contribution in [-0.4, -0.2) is 47.7 Å². The lowest BCUT2D eigenvalue weighted by molar-refractivity contribution is -0.114. The average molecular weight is 551 g/mol. The minimum atomic E-state index is -4.33. The lowest BCUT2D eigenvalue weighted by Gasteiger charge is -2.24. The van der Waals surface area contributed by atoms with Crippen LogP contribution in [0.25, 0.3) is 0 Å².